The van der Waals surface area contributed by atoms with Gasteiger partial charge in [-0.05, 0) is 43.9 Å². The van der Waals surface area contributed by atoms with Crippen molar-refractivity contribution in [3.63, 3.8) is 0 Å². The summed E-state index contributed by atoms with van der Waals surface area (Å²) in [5.41, 5.74) is 1.37. The average Bonchev–Trinajstić information content (AvgIpc) is 3.05. The molecule has 29 heavy (non-hydrogen) atoms. The highest BCUT2D eigenvalue weighted by Crippen LogP contribution is 2.47. The fourth-order valence-corrected chi connectivity index (χ4v) is 5.19. The minimum absolute atomic E-state index is 0.0589. The van der Waals surface area contributed by atoms with Gasteiger partial charge in [-0.1, -0.05) is 0 Å². The number of rotatable bonds is 5. The molecule has 0 unspecified atom stereocenters. The maximum Gasteiger partial charge on any atom is 0.229 e. The number of carbonyl (C=O) groups is 1. The molecule has 3 aliphatic heterocycles. The van der Waals surface area contributed by atoms with E-state index in [4.69, 9.17) is 9.47 Å². The van der Waals surface area contributed by atoms with E-state index in [1.807, 2.05) is 4.90 Å². The molecular formula is C20H28N2O6S. The Hall–Kier alpha value is -1.84. The lowest BCUT2D eigenvalue weighted by Gasteiger charge is -2.38. The minimum atomic E-state index is -3.38. The first-order valence-electron chi connectivity index (χ1n) is 10.2. The van der Waals surface area contributed by atoms with E-state index < -0.39 is 16.1 Å². The third-order valence-corrected chi connectivity index (χ3v) is 6.52. The molecule has 1 aromatic carbocycles. The Bertz CT molecular complexity index is 868. The molecule has 8 nitrogen and oxygen atoms in total. The Balaban J connectivity index is 1.51. The van der Waals surface area contributed by atoms with Crippen molar-refractivity contribution in [1.82, 2.24) is 4.90 Å². The Labute approximate surface area is 171 Å². The van der Waals surface area contributed by atoms with Gasteiger partial charge in [0.25, 0.3) is 0 Å². The van der Waals surface area contributed by atoms with Crippen molar-refractivity contribution < 1.29 is 27.8 Å². The molecular weight excluding hydrogens is 396 g/mol. The molecule has 1 amide bonds. The predicted octanol–water partition coefficient (Wildman–Crippen LogP) is 1.46. The molecule has 9 heteroatoms. The van der Waals surface area contributed by atoms with Crippen molar-refractivity contribution in [2.45, 2.75) is 56.3 Å². The zero-order valence-corrected chi connectivity index (χ0v) is 17.4. The van der Waals surface area contributed by atoms with Crippen molar-refractivity contribution in [2.24, 2.45) is 0 Å². The summed E-state index contributed by atoms with van der Waals surface area (Å²) in [6.45, 7) is 1.40. The second-order valence-electron chi connectivity index (χ2n) is 8.18. The lowest BCUT2D eigenvalue weighted by molar-refractivity contribution is -0.149. The quantitative estimate of drug-likeness (QED) is 0.741. The SMILES string of the molecule is CS(=O)(=O)Nc1ccc2c(c1)[C@@H]1C[C@@H](CC(=O)N3CCCCC3)O[C@H](CO)[C@@H]1O2. The van der Waals surface area contributed by atoms with Crippen LogP contribution in [0.25, 0.3) is 0 Å². The van der Waals surface area contributed by atoms with E-state index in [2.05, 4.69) is 4.72 Å². The number of piperidine rings is 1. The maximum absolute atomic E-state index is 12.7. The van der Waals surface area contributed by atoms with Crippen LogP contribution in [0.5, 0.6) is 5.75 Å². The molecule has 3 aliphatic rings. The molecule has 2 fully saturated rings. The number of amides is 1. The summed E-state index contributed by atoms with van der Waals surface area (Å²) in [6, 6.07) is 5.18. The van der Waals surface area contributed by atoms with Gasteiger partial charge < -0.3 is 19.5 Å². The number of carbonyl (C=O) groups excluding carboxylic acids is 1. The molecule has 0 aromatic heterocycles. The molecule has 2 saturated heterocycles. The zero-order chi connectivity index (χ0) is 20.6. The third kappa shape index (κ3) is 4.51. The van der Waals surface area contributed by atoms with Crippen LogP contribution in [0.3, 0.4) is 0 Å². The lowest BCUT2D eigenvalue weighted by Crippen LogP contribution is -2.48. The number of sulfonamides is 1. The van der Waals surface area contributed by atoms with E-state index in [-0.39, 0.29) is 37.1 Å². The number of fused-ring (bicyclic) bond motifs is 3. The Morgan fingerprint density at radius 3 is 2.72 bits per heavy atom. The first-order valence-corrected chi connectivity index (χ1v) is 12.1. The summed E-state index contributed by atoms with van der Waals surface area (Å²) >= 11 is 0. The first-order chi connectivity index (χ1) is 13.8. The minimum Gasteiger partial charge on any atom is -0.487 e. The van der Waals surface area contributed by atoms with Crippen molar-refractivity contribution in [3.05, 3.63) is 23.8 Å². The summed E-state index contributed by atoms with van der Waals surface area (Å²) in [4.78, 5) is 14.6. The molecule has 4 rings (SSSR count). The van der Waals surface area contributed by atoms with E-state index in [1.165, 1.54) is 0 Å². The van der Waals surface area contributed by atoms with E-state index in [9.17, 15) is 18.3 Å². The van der Waals surface area contributed by atoms with Crippen molar-refractivity contribution in [2.75, 3.05) is 30.7 Å². The van der Waals surface area contributed by atoms with Crippen LogP contribution in [0.15, 0.2) is 18.2 Å². The molecule has 0 saturated carbocycles. The molecule has 0 bridgehead atoms. The van der Waals surface area contributed by atoms with Crippen LogP contribution >= 0.6 is 0 Å². The van der Waals surface area contributed by atoms with Gasteiger partial charge in [-0.2, -0.15) is 0 Å². The van der Waals surface area contributed by atoms with Gasteiger partial charge in [0.2, 0.25) is 15.9 Å². The fourth-order valence-electron chi connectivity index (χ4n) is 4.63. The van der Waals surface area contributed by atoms with Crippen LogP contribution in [-0.2, 0) is 19.6 Å². The summed E-state index contributed by atoms with van der Waals surface area (Å²) in [6.07, 6.45) is 4.07. The molecule has 160 valence electrons. The number of anilines is 1. The van der Waals surface area contributed by atoms with Gasteiger partial charge in [-0.15, -0.1) is 0 Å². The van der Waals surface area contributed by atoms with Gasteiger partial charge >= 0.3 is 0 Å². The third-order valence-electron chi connectivity index (χ3n) is 5.91. The maximum atomic E-state index is 12.7. The van der Waals surface area contributed by atoms with E-state index in [0.29, 0.717) is 17.9 Å². The Kier molecular flexibility index (Phi) is 5.72. The Morgan fingerprint density at radius 2 is 2.03 bits per heavy atom. The van der Waals surface area contributed by atoms with Crippen LogP contribution < -0.4 is 9.46 Å². The standard InChI is InChI=1S/C20H28N2O6S/c1-29(25,26)21-13-5-6-17-15(9-13)16-10-14(27-18(12-23)20(16)28-17)11-19(24)22-7-3-2-4-8-22/h5-6,9,14,16,18,20-21,23H,2-4,7-8,10-12H2,1H3/t14-,16-,18+,20+/m0/s1. The van der Waals surface area contributed by atoms with Crippen LogP contribution in [-0.4, -0.2) is 68.6 Å². The molecule has 0 spiro atoms. The van der Waals surface area contributed by atoms with Crippen LogP contribution in [0, 0.1) is 0 Å². The van der Waals surface area contributed by atoms with Crippen LogP contribution in [0.4, 0.5) is 5.69 Å². The molecule has 4 atom stereocenters. The second kappa shape index (κ2) is 8.12. The smallest absolute Gasteiger partial charge is 0.229 e. The number of benzene rings is 1. The number of hydrogen-bond acceptors (Lipinski definition) is 6. The fraction of sp³-hybridized carbons (Fsp3) is 0.650. The monoisotopic (exact) mass is 424 g/mol. The lowest BCUT2D eigenvalue weighted by atomic mass is 9.84. The van der Waals surface area contributed by atoms with Gasteiger partial charge in [0, 0.05) is 30.3 Å². The van der Waals surface area contributed by atoms with Gasteiger partial charge in [0.05, 0.1) is 25.4 Å². The van der Waals surface area contributed by atoms with Gasteiger partial charge in [-0.25, -0.2) is 8.42 Å². The number of likely N-dealkylation sites (tertiary alicyclic amines) is 1. The Morgan fingerprint density at radius 1 is 1.28 bits per heavy atom. The predicted molar refractivity (Wildman–Crippen MR) is 107 cm³/mol. The average molecular weight is 425 g/mol. The molecule has 3 heterocycles. The normalized spacial score (nSPS) is 29.0. The summed E-state index contributed by atoms with van der Waals surface area (Å²) < 4.78 is 37.7. The van der Waals surface area contributed by atoms with Crippen molar-refractivity contribution in [1.29, 1.82) is 0 Å². The highest BCUT2D eigenvalue weighted by atomic mass is 32.2. The number of aliphatic hydroxyl groups excluding tert-OH is 1. The van der Waals surface area contributed by atoms with Crippen molar-refractivity contribution >= 4 is 21.6 Å². The largest absolute Gasteiger partial charge is 0.487 e. The van der Waals surface area contributed by atoms with E-state index in [0.717, 1.165) is 44.2 Å². The molecule has 0 aliphatic carbocycles. The number of nitrogens with zero attached hydrogens (tertiary/aromatic N) is 1. The number of hydrogen-bond donors (Lipinski definition) is 2. The molecule has 0 radical (unpaired) electrons. The van der Waals surface area contributed by atoms with Crippen LogP contribution in [0.2, 0.25) is 0 Å². The first kappa shape index (κ1) is 20.4. The number of nitrogens with one attached hydrogen (secondary N) is 1. The molecule has 1 aromatic rings. The van der Waals surface area contributed by atoms with Crippen molar-refractivity contribution in [3.8, 4) is 5.75 Å². The summed E-state index contributed by atoms with van der Waals surface area (Å²) in [7, 11) is -3.38. The van der Waals surface area contributed by atoms with Crippen LogP contribution in [0.1, 0.15) is 43.6 Å². The van der Waals surface area contributed by atoms with Gasteiger partial charge in [-0.3, -0.25) is 9.52 Å². The zero-order valence-electron chi connectivity index (χ0n) is 16.5. The van der Waals surface area contributed by atoms with Gasteiger partial charge in [0.1, 0.15) is 18.0 Å². The van der Waals surface area contributed by atoms with E-state index >= 15 is 0 Å². The van der Waals surface area contributed by atoms with E-state index in [1.54, 1.807) is 18.2 Å². The highest BCUT2D eigenvalue weighted by molar-refractivity contribution is 7.92. The van der Waals surface area contributed by atoms with Gasteiger partial charge in [0.15, 0.2) is 0 Å². The second-order valence-corrected chi connectivity index (χ2v) is 9.92. The topological polar surface area (TPSA) is 105 Å². The molecule has 2 N–H and O–H groups in total. The highest BCUT2D eigenvalue weighted by Gasteiger charge is 2.46. The summed E-state index contributed by atoms with van der Waals surface area (Å²) in [5, 5.41) is 9.83. The summed E-state index contributed by atoms with van der Waals surface area (Å²) in [5.74, 6) is 0.706. The number of aliphatic hydroxyl groups is 1. The number of ether oxygens (including phenoxy) is 2.